The molecule has 0 aliphatic carbocycles. The maximum absolute atomic E-state index is 10.3. The summed E-state index contributed by atoms with van der Waals surface area (Å²) < 4.78 is 30.8. The van der Waals surface area contributed by atoms with Crippen LogP contribution in [0.15, 0.2) is 35.2 Å². The predicted octanol–water partition coefficient (Wildman–Crippen LogP) is 0.962. The molecule has 19 heavy (non-hydrogen) atoms. The summed E-state index contributed by atoms with van der Waals surface area (Å²) in [7, 11) is -4.25. The Morgan fingerprint density at radius 3 is 1.58 bits per heavy atom. The first kappa shape index (κ1) is 21.4. The van der Waals surface area contributed by atoms with E-state index in [1.54, 1.807) is 6.07 Å². The summed E-state index contributed by atoms with van der Waals surface area (Å²) in [4.78, 5) is -0.185. The van der Waals surface area contributed by atoms with Gasteiger partial charge in [0.2, 0.25) is 0 Å². The van der Waals surface area contributed by atoms with Crippen LogP contribution >= 0.6 is 0 Å². The van der Waals surface area contributed by atoms with E-state index in [9.17, 15) is 13.0 Å². The zero-order valence-electron chi connectivity index (χ0n) is 12.3. The topological polar surface area (TPSA) is 57.2 Å². The molecule has 1 rings (SSSR count). The van der Waals surface area contributed by atoms with Crippen LogP contribution in [0.25, 0.3) is 0 Å². The van der Waals surface area contributed by atoms with Gasteiger partial charge in [-0.15, -0.1) is 0 Å². The van der Waals surface area contributed by atoms with Crippen LogP contribution in [-0.2, 0) is 10.1 Å². The van der Waals surface area contributed by atoms with Gasteiger partial charge < -0.3 is 4.55 Å². The molecule has 0 saturated carbocycles. The summed E-state index contributed by atoms with van der Waals surface area (Å²) in [6.07, 6.45) is 8.49. The Kier molecular flexibility index (Phi) is 14.8. The van der Waals surface area contributed by atoms with Gasteiger partial charge in [-0.2, -0.15) is 0 Å². The van der Waals surface area contributed by atoms with Crippen LogP contribution in [0.3, 0.4) is 0 Å². The van der Waals surface area contributed by atoms with E-state index in [-0.39, 0.29) is 34.5 Å². The quantitative estimate of drug-likeness (QED) is 0.446. The van der Waals surface area contributed by atoms with E-state index < -0.39 is 10.1 Å². The van der Waals surface area contributed by atoms with Gasteiger partial charge in [0.1, 0.15) is 10.1 Å². The molecular weight excluding hydrogens is 271 g/mol. The van der Waals surface area contributed by atoms with Crippen LogP contribution in [-0.4, -0.2) is 13.0 Å². The monoisotopic (exact) mass is 294 g/mol. The second kappa shape index (κ2) is 13.1. The van der Waals surface area contributed by atoms with Crippen molar-refractivity contribution in [2.75, 3.05) is 0 Å². The van der Waals surface area contributed by atoms with Gasteiger partial charge in [-0.25, -0.2) is 8.42 Å². The van der Waals surface area contributed by atoms with E-state index in [1.165, 1.54) is 62.8 Å². The van der Waals surface area contributed by atoms with Crippen LogP contribution in [0.5, 0.6) is 0 Å². The van der Waals surface area contributed by atoms with Crippen molar-refractivity contribution in [1.82, 2.24) is 0 Å². The normalized spacial score (nSPS) is 10.1. The van der Waals surface area contributed by atoms with Crippen LogP contribution in [0.1, 0.15) is 52.4 Å². The molecule has 0 bridgehead atoms. The minimum absolute atomic E-state index is 0. The Labute approximate surface area is 139 Å². The van der Waals surface area contributed by atoms with E-state index in [2.05, 4.69) is 13.8 Å². The molecule has 1 aromatic carbocycles. The summed E-state index contributed by atoms with van der Waals surface area (Å²) >= 11 is 0. The van der Waals surface area contributed by atoms with Gasteiger partial charge >= 0.3 is 29.6 Å². The van der Waals surface area contributed by atoms with Crippen molar-refractivity contribution in [1.29, 1.82) is 0 Å². The van der Waals surface area contributed by atoms with Gasteiger partial charge in [-0.3, -0.25) is 0 Å². The average Bonchev–Trinajstić information content (AvgIpc) is 2.36. The summed E-state index contributed by atoms with van der Waals surface area (Å²) in [5.74, 6) is 0. The zero-order chi connectivity index (χ0) is 13.9. The summed E-state index contributed by atoms with van der Waals surface area (Å²) in [6, 6.07) is 7.19. The van der Waals surface area contributed by atoms with Crippen molar-refractivity contribution >= 4 is 10.1 Å². The molecule has 0 fully saturated rings. The molecule has 104 valence electrons. The van der Waals surface area contributed by atoms with E-state index in [1.807, 2.05) is 0 Å². The fraction of sp³-hybridized carbons (Fsp3) is 0.571. The van der Waals surface area contributed by atoms with E-state index in [0.717, 1.165) is 0 Å². The fourth-order valence-corrected chi connectivity index (χ4v) is 1.93. The van der Waals surface area contributed by atoms with Crippen molar-refractivity contribution in [3.63, 3.8) is 0 Å². The molecule has 0 spiro atoms. The van der Waals surface area contributed by atoms with Gasteiger partial charge in [0, 0.05) is 0 Å². The van der Waals surface area contributed by atoms with E-state index in [0.29, 0.717) is 0 Å². The van der Waals surface area contributed by atoms with Crippen LogP contribution in [0.4, 0.5) is 0 Å². The van der Waals surface area contributed by atoms with Gasteiger partial charge in [0.15, 0.2) is 0 Å². The second-order valence-corrected chi connectivity index (χ2v) is 5.56. The summed E-state index contributed by atoms with van der Waals surface area (Å²) in [6.45, 7) is 4.51. The first-order valence-electron chi connectivity index (χ1n) is 6.53. The number of hydrogen-bond acceptors (Lipinski definition) is 3. The Morgan fingerprint density at radius 1 is 0.895 bits per heavy atom. The number of hydrogen-bond donors (Lipinski definition) is 0. The van der Waals surface area contributed by atoms with Crippen molar-refractivity contribution in [2.45, 2.75) is 57.3 Å². The average molecular weight is 294 g/mol. The molecule has 0 N–H and O–H groups in total. The SMILES string of the molecule is CCCCCCCC.O=S(=O)([O-])c1ccccc1.[Na+]. The van der Waals surface area contributed by atoms with Gasteiger partial charge in [0.25, 0.3) is 0 Å². The predicted molar refractivity (Wildman–Crippen MR) is 73.5 cm³/mol. The largest absolute Gasteiger partial charge is 1.00 e. The van der Waals surface area contributed by atoms with E-state index in [4.69, 9.17) is 0 Å². The molecule has 0 aromatic heterocycles. The Balaban J connectivity index is 0. The molecule has 0 aliphatic heterocycles. The Hall–Kier alpha value is 0.130. The summed E-state index contributed by atoms with van der Waals surface area (Å²) in [5, 5.41) is 0. The molecule has 0 aliphatic rings. The van der Waals surface area contributed by atoms with Crippen LogP contribution in [0, 0.1) is 0 Å². The minimum atomic E-state index is -4.25. The van der Waals surface area contributed by atoms with Gasteiger partial charge in [-0.05, 0) is 12.1 Å². The first-order valence-corrected chi connectivity index (χ1v) is 7.94. The molecule has 0 atom stereocenters. The molecule has 0 saturated heterocycles. The first-order chi connectivity index (χ1) is 8.52. The maximum Gasteiger partial charge on any atom is 1.00 e. The minimum Gasteiger partial charge on any atom is -0.744 e. The fourth-order valence-electron chi connectivity index (χ4n) is 1.44. The molecule has 0 heterocycles. The molecule has 0 amide bonds. The molecule has 1 aromatic rings. The smallest absolute Gasteiger partial charge is 0.744 e. The molecular formula is C14H23NaO3S. The number of benzene rings is 1. The summed E-state index contributed by atoms with van der Waals surface area (Å²) in [5.41, 5.74) is 0. The Morgan fingerprint density at radius 2 is 1.32 bits per heavy atom. The van der Waals surface area contributed by atoms with Crippen molar-refractivity contribution in [2.24, 2.45) is 0 Å². The van der Waals surface area contributed by atoms with Gasteiger partial charge in [0.05, 0.1) is 4.90 Å². The standard InChI is InChI=1S/C8H18.C6H6O3S.Na/c1-3-5-7-8-6-4-2;7-10(8,9)6-4-2-1-3-5-6;/h3-8H2,1-2H3;1-5H,(H,7,8,9);/q;;+1/p-1. The van der Waals surface area contributed by atoms with Crippen molar-refractivity contribution in [3.8, 4) is 0 Å². The van der Waals surface area contributed by atoms with Crippen LogP contribution in [0.2, 0.25) is 0 Å². The molecule has 0 radical (unpaired) electrons. The molecule has 3 nitrogen and oxygen atoms in total. The Bertz CT molecular complexity index is 384. The molecule has 5 heteroatoms. The number of unbranched alkanes of at least 4 members (excludes halogenated alkanes) is 5. The molecule has 0 unspecified atom stereocenters. The zero-order valence-corrected chi connectivity index (χ0v) is 15.1. The third-order valence-corrected chi connectivity index (χ3v) is 3.34. The third-order valence-electron chi connectivity index (χ3n) is 2.49. The second-order valence-electron chi connectivity index (χ2n) is 4.18. The third kappa shape index (κ3) is 12.9. The van der Waals surface area contributed by atoms with Crippen LogP contribution < -0.4 is 29.6 Å². The van der Waals surface area contributed by atoms with E-state index >= 15 is 0 Å². The van der Waals surface area contributed by atoms with Crippen molar-refractivity contribution < 1.29 is 42.5 Å². The maximum atomic E-state index is 10.3. The number of rotatable bonds is 6. The van der Waals surface area contributed by atoms with Crippen molar-refractivity contribution in [3.05, 3.63) is 30.3 Å². The van der Waals surface area contributed by atoms with Gasteiger partial charge in [-0.1, -0.05) is 70.6 Å².